The van der Waals surface area contributed by atoms with Crippen molar-refractivity contribution in [3.63, 3.8) is 0 Å². The Bertz CT molecular complexity index is 521. The Morgan fingerprint density at radius 3 is 2.39 bits per heavy atom. The quantitative estimate of drug-likeness (QED) is 0.627. The van der Waals surface area contributed by atoms with E-state index in [1.54, 1.807) is 19.1 Å². The van der Waals surface area contributed by atoms with Gasteiger partial charge in [-0.15, -0.1) is 4.40 Å². The van der Waals surface area contributed by atoms with E-state index in [1.165, 1.54) is 12.1 Å². The van der Waals surface area contributed by atoms with Crippen molar-refractivity contribution in [3.8, 4) is 0 Å². The Morgan fingerprint density at radius 2 is 1.89 bits per heavy atom. The minimum Gasteiger partial charge on any atom is -0.480 e. The van der Waals surface area contributed by atoms with Crippen LogP contribution < -0.4 is 0 Å². The van der Waals surface area contributed by atoms with Crippen molar-refractivity contribution in [1.29, 1.82) is 0 Å². The molecule has 0 aliphatic carbocycles. The van der Waals surface area contributed by atoms with Gasteiger partial charge < -0.3 is 4.74 Å². The second kappa shape index (κ2) is 6.33. The maximum absolute atomic E-state index is 11.9. The lowest BCUT2D eigenvalue weighted by Crippen LogP contribution is -2.09. The van der Waals surface area contributed by atoms with Crippen LogP contribution in [0.4, 0.5) is 0 Å². The minimum absolute atomic E-state index is 0.151. The second-order valence-corrected chi connectivity index (χ2v) is 6.76. The van der Waals surface area contributed by atoms with E-state index in [4.69, 9.17) is 4.74 Å². The molecule has 4 nitrogen and oxygen atoms in total. The first-order chi connectivity index (χ1) is 8.31. The number of ether oxygens (including phenoxy) is 1. The molecule has 6 heteroatoms. The Balaban J connectivity index is 2.87. The summed E-state index contributed by atoms with van der Waals surface area (Å²) in [5.74, 6) is 0.483. The zero-order valence-corrected chi connectivity index (χ0v) is 13.0. The third-order valence-electron chi connectivity index (χ3n) is 1.99. The predicted molar refractivity (Wildman–Crippen MR) is 75.2 cm³/mol. The molecule has 0 aliphatic rings. The number of hydrogen-bond acceptors (Lipinski definition) is 3. The highest BCUT2D eigenvalue weighted by Gasteiger charge is 2.13. The summed E-state index contributed by atoms with van der Waals surface area (Å²) in [4.78, 5) is 0.151. The van der Waals surface area contributed by atoms with Crippen molar-refractivity contribution < 1.29 is 13.2 Å². The van der Waals surface area contributed by atoms with Gasteiger partial charge in [0.25, 0.3) is 10.0 Å². The van der Waals surface area contributed by atoms with Crippen molar-refractivity contribution in [2.75, 3.05) is 6.61 Å². The van der Waals surface area contributed by atoms with Gasteiger partial charge in [0.15, 0.2) is 5.90 Å². The van der Waals surface area contributed by atoms with E-state index in [0.29, 0.717) is 12.5 Å². The molecule has 0 saturated heterocycles. The Morgan fingerprint density at radius 1 is 1.33 bits per heavy atom. The number of benzene rings is 1. The van der Waals surface area contributed by atoms with Crippen molar-refractivity contribution in [2.24, 2.45) is 10.3 Å². The summed E-state index contributed by atoms with van der Waals surface area (Å²) in [6.07, 6.45) is 0. The highest BCUT2D eigenvalue weighted by molar-refractivity contribution is 9.10. The fourth-order valence-corrected chi connectivity index (χ4v) is 2.38. The van der Waals surface area contributed by atoms with Crippen LogP contribution in [0.2, 0.25) is 0 Å². The van der Waals surface area contributed by atoms with Gasteiger partial charge in [0.05, 0.1) is 11.5 Å². The molecule has 0 N–H and O–H groups in total. The van der Waals surface area contributed by atoms with Gasteiger partial charge in [0, 0.05) is 11.4 Å². The van der Waals surface area contributed by atoms with Crippen LogP contribution in [0.5, 0.6) is 0 Å². The summed E-state index contributed by atoms with van der Waals surface area (Å²) < 4.78 is 33.5. The van der Waals surface area contributed by atoms with Gasteiger partial charge in [0.1, 0.15) is 0 Å². The van der Waals surface area contributed by atoms with Crippen LogP contribution in [-0.2, 0) is 14.8 Å². The molecule has 0 heterocycles. The van der Waals surface area contributed by atoms with Gasteiger partial charge in [-0.1, -0.05) is 29.8 Å². The topological polar surface area (TPSA) is 55.7 Å². The van der Waals surface area contributed by atoms with Crippen molar-refractivity contribution >= 4 is 31.9 Å². The van der Waals surface area contributed by atoms with E-state index in [0.717, 1.165) is 4.47 Å². The number of hydrogen-bond donors (Lipinski definition) is 0. The van der Waals surface area contributed by atoms with E-state index in [1.807, 2.05) is 13.8 Å². The first-order valence-electron chi connectivity index (χ1n) is 5.51. The molecule has 100 valence electrons. The van der Waals surface area contributed by atoms with Crippen LogP contribution in [-0.4, -0.2) is 20.9 Å². The molecule has 0 radical (unpaired) electrons. The molecule has 1 aromatic rings. The van der Waals surface area contributed by atoms with Crippen LogP contribution in [0.3, 0.4) is 0 Å². The van der Waals surface area contributed by atoms with Crippen molar-refractivity contribution in [3.05, 3.63) is 28.7 Å². The van der Waals surface area contributed by atoms with Crippen LogP contribution in [0.25, 0.3) is 0 Å². The average molecular weight is 334 g/mol. The van der Waals surface area contributed by atoms with Gasteiger partial charge in [-0.25, -0.2) is 0 Å². The Hall–Kier alpha value is -0.880. The summed E-state index contributed by atoms with van der Waals surface area (Å²) >= 11 is 3.25. The van der Waals surface area contributed by atoms with Crippen LogP contribution in [0.1, 0.15) is 20.8 Å². The van der Waals surface area contributed by atoms with E-state index in [2.05, 4.69) is 20.3 Å². The standard InChI is InChI=1S/C12H16BrNO3S/c1-9(2)8-17-10(3)14-18(15,16)12-6-4-11(13)5-7-12/h4-7,9H,8H2,1-3H3. The predicted octanol–water partition coefficient (Wildman–Crippen LogP) is 3.23. The fraction of sp³-hybridized carbons (Fsp3) is 0.417. The molecular formula is C12H16BrNO3S. The zero-order valence-electron chi connectivity index (χ0n) is 10.6. The smallest absolute Gasteiger partial charge is 0.285 e. The SMILES string of the molecule is CC(=NS(=O)(=O)c1ccc(Br)cc1)OCC(C)C. The number of sulfonamides is 1. The van der Waals surface area contributed by atoms with Gasteiger partial charge in [-0.05, 0) is 30.2 Å². The fourth-order valence-electron chi connectivity index (χ4n) is 1.14. The van der Waals surface area contributed by atoms with Crippen LogP contribution in [0.15, 0.2) is 38.0 Å². The molecule has 0 bridgehead atoms. The lowest BCUT2D eigenvalue weighted by molar-refractivity contribution is 0.257. The number of rotatable bonds is 4. The number of nitrogens with zero attached hydrogens (tertiary/aromatic N) is 1. The third-order valence-corrected chi connectivity index (χ3v) is 3.88. The summed E-state index contributed by atoms with van der Waals surface area (Å²) in [7, 11) is -3.68. The molecule has 0 atom stereocenters. The molecule has 1 aromatic carbocycles. The van der Waals surface area contributed by atoms with Gasteiger partial charge in [-0.2, -0.15) is 8.42 Å². The molecule has 0 saturated carbocycles. The monoisotopic (exact) mass is 333 g/mol. The molecule has 0 amide bonds. The first kappa shape index (κ1) is 15.2. The molecule has 0 fully saturated rings. The first-order valence-corrected chi connectivity index (χ1v) is 7.74. The molecule has 0 aromatic heterocycles. The highest BCUT2D eigenvalue weighted by Crippen LogP contribution is 2.16. The summed E-state index contributed by atoms with van der Waals surface area (Å²) in [5.41, 5.74) is 0. The van der Waals surface area contributed by atoms with Gasteiger partial charge in [-0.3, -0.25) is 0 Å². The normalized spacial score (nSPS) is 12.8. The number of halogens is 1. The van der Waals surface area contributed by atoms with Crippen molar-refractivity contribution in [1.82, 2.24) is 0 Å². The average Bonchev–Trinajstić information content (AvgIpc) is 2.26. The molecule has 0 unspecified atom stereocenters. The van der Waals surface area contributed by atoms with E-state index < -0.39 is 10.0 Å². The summed E-state index contributed by atoms with van der Waals surface area (Å²) in [6.45, 7) is 5.96. The lowest BCUT2D eigenvalue weighted by atomic mass is 10.2. The maximum atomic E-state index is 11.9. The largest absolute Gasteiger partial charge is 0.480 e. The van der Waals surface area contributed by atoms with E-state index >= 15 is 0 Å². The third kappa shape index (κ3) is 4.78. The summed E-state index contributed by atoms with van der Waals surface area (Å²) in [6, 6.07) is 6.32. The van der Waals surface area contributed by atoms with Crippen LogP contribution >= 0.6 is 15.9 Å². The molecule has 0 spiro atoms. The Labute approximate surface area is 116 Å². The van der Waals surface area contributed by atoms with E-state index in [-0.39, 0.29) is 10.8 Å². The second-order valence-electron chi connectivity index (χ2n) is 4.24. The van der Waals surface area contributed by atoms with E-state index in [9.17, 15) is 8.42 Å². The van der Waals surface area contributed by atoms with Gasteiger partial charge >= 0.3 is 0 Å². The zero-order chi connectivity index (χ0) is 13.8. The molecule has 1 rings (SSSR count). The molecule has 0 aliphatic heterocycles. The summed E-state index contributed by atoms with van der Waals surface area (Å²) in [5, 5.41) is 0. The van der Waals surface area contributed by atoms with Crippen LogP contribution in [0, 0.1) is 5.92 Å². The van der Waals surface area contributed by atoms with Crippen molar-refractivity contribution in [2.45, 2.75) is 25.7 Å². The Kier molecular flexibility index (Phi) is 5.34. The minimum atomic E-state index is -3.68. The highest BCUT2D eigenvalue weighted by atomic mass is 79.9. The molecular weight excluding hydrogens is 318 g/mol. The molecule has 18 heavy (non-hydrogen) atoms. The maximum Gasteiger partial charge on any atom is 0.285 e. The lowest BCUT2D eigenvalue weighted by Gasteiger charge is -2.07. The van der Waals surface area contributed by atoms with Gasteiger partial charge in [0.2, 0.25) is 0 Å².